The first-order valence-electron chi connectivity index (χ1n) is 11.0. The number of amides is 1. The number of ketones is 1. The number of Topliss-reactive ketones (excluding diaryl/α,β-unsaturated/α-hetero) is 1. The van der Waals surface area contributed by atoms with Crippen molar-refractivity contribution in [1.82, 2.24) is 4.98 Å². The lowest BCUT2D eigenvalue weighted by atomic mass is 9.95. The molecule has 36 heavy (non-hydrogen) atoms. The summed E-state index contributed by atoms with van der Waals surface area (Å²) in [4.78, 5) is 32.5. The molecular weight excluding hydrogens is 504 g/mol. The summed E-state index contributed by atoms with van der Waals surface area (Å²) in [5.74, 6) is -1.17. The van der Waals surface area contributed by atoms with E-state index in [0.29, 0.717) is 46.4 Å². The monoisotopic (exact) mass is 520 g/mol. The number of aromatic hydroxyl groups is 1. The molecule has 8 nitrogen and oxygen atoms in total. The predicted octanol–water partition coefficient (Wildman–Crippen LogP) is 5.05. The van der Waals surface area contributed by atoms with Gasteiger partial charge in [-0.25, -0.2) is 4.98 Å². The molecule has 0 bridgehead atoms. The van der Waals surface area contributed by atoms with Crippen LogP contribution in [0, 0.1) is 0 Å². The van der Waals surface area contributed by atoms with E-state index in [-0.39, 0.29) is 22.2 Å². The van der Waals surface area contributed by atoms with Crippen molar-refractivity contribution in [3.05, 3.63) is 82.4 Å². The number of hydrogen-bond acceptors (Lipinski definition) is 8. The van der Waals surface area contributed by atoms with E-state index in [0.717, 1.165) is 4.70 Å². The third-order valence-corrected chi connectivity index (χ3v) is 7.24. The minimum absolute atomic E-state index is 0.0477. The molecule has 2 aliphatic heterocycles. The molecule has 0 aliphatic carbocycles. The van der Waals surface area contributed by atoms with E-state index < -0.39 is 17.7 Å². The van der Waals surface area contributed by atoms with Gasteiger partial charge in [0.05, 0.1) is 21.8 Å². The van der Waals surface area contributed by atoms with Crippen LogP contribution >= 0.6 is 22.9 Å². The number of carbonyl (C=O) groups is 2. The highest BCUT2D eigenvalue weighted by molar-refractivity contribution is 7.22. The molecular formula is C26H17ClN2O6S. The van der Waals surface area contributed by atoms with Gasteiger partial charge in [0.25, 0.3) is 5.78 Å². The Morgan fingerprint density at radius 1 is 1.03 bits per heavy atom. The van der Waals surface area contributed by atoms with Gasteiger partial charge in [0.1, 0.15) is 24.7 Å². The molecule has 1 fully saturated rings. The number of aromatic nitrogens is 1. The minimum Gasteiger partial charge on any atom is -0.508 e. The van der Waals surface area contributed by atoms with Gasteiger partial charge < -0.3 is 19.7 Å². The number of carbonyl (C=O) groups excluding carboxylic acids is 2. The number of ether oxygens (including phenoxy) is 2. The number of benzene rings is 3. The number of phenolic OH excluding ortho intramolecular Hbond substituents is 1. The molecule has 10 heteroatoms. The van der Waals surface area contributed by atoms with Crippen molar-refractivity contribution < 1.29 is 29.3 Å². The lowest BCUT2D eigenvalue weighted by molar-refractivity contribution is -0.132. The first-order valence-corrected chi connectivity index (χ1v) is 12.2. The summed E-state index contributed by atoms with van der Waals surface area (Å²) < 4.78 is 11.9. The summed E-state index contributed by atoms with van der Waals surface area (Å²) in [7, 11) is 0. The van der Waals surface area contributed by atoms with Gasteiger partial charge in [-0.2, -0.15) is 0 Å². The second-order valence-corrected chi connectivity index (χ2v) is 9.68. The quantitative estimate of drug-likeness (QED) is 0.221. The van der Waals surface area contributed by atoms with Crippen LogP contribution in [-0.2, 0) is 9.59 Å². The van der Waals surface area contributed by atoms with Crippen LogP contribution in [-0.4, -0.2) is 40.1 Å². The average molecular weight is 521 g/mol. The molecule has 1 amide bonds. The summed E-state index contributed by atoms with van der Waals surface area (Å²) in [6.45, 7) is 0.765. The van der Waals surface area contributed by atoms with Gasteiger partial charge in [-0.1, -0.05) is 35.1 Å². The van der Waals surface area contributed by atoms with E-state index in [9.17, 15) is 19.8 Å². The van der Waals surface area contributed by atoms with E-state index in [1.54, 1.807) is 48.5 Å². The molecule has 0 saturated carbocycles. The van der Waals surface area contributed by atoms with Crippen LogP contribution in [0.5, 0.6) is 17.2 Å². The van der Waals surface area contributed by atoms with E-state index in [2.05, 4.69) is 4.98 Å². The molecule has 1 atom stereocenters. The largest absolute Gasteiger partial charge is 0.508 e. The Balaban J connectivity index is 1.54. The number of hydrogen-bond donors (Lipinski definition) is 2. The molecule has 180 valence electrons. The SMILES string of the molecule is O=C1C(=O)N(c2nc3ccc(Cl)cc3s2)C(c2cccc(O)c2)/C1=C(\O)c1ccc2c(c1)OCCO2. The fourth-order valence-corrected chi connectivity index (χ4v) is 5.64. The predicted molar refractivity (Wildman–Crippen MR) is 135 cm³/mol. The normalized spacial score (nSPS) is 18.7. The smallest absolute Gasteiger partial charge is 0.301 e. The Labute approximate surface area is 213 Å². The number of halogens is 1. The van der Waals surface area contributed by atoms with Gasteiger partial charge in [0.15, 0.2) is 16.6 Å². The molecule has 0 spiro atoms. The number of aliphatic hydroxyl groups is 1. The lowest BCUT2D eigenvalue weighted by Crippen LogP contribution is -2.29. The zero-order valence-corrected chi connectivity index (χ0v) is 20.0. The van der Waals surface area contributed by atoms with Crippen molar-refractivity contribution in [1.29, 1.82) is 0 Å². The fraction of sp³-hybridized carbons (Fsp3) is 0.115. The molecule has 2 aliphatic rings. The number of fused-ring (bicyclic) bond motifs is 2. The first kappa shape index (κ1) is 22.4. The van der Waals surface area contributed by atoms with Crippen LogP contribution < -0.4 is 14.4 Å². The maximum atomic E-state index is 13.4. The van der Waals surface area contributed by atoms with Gasteiger partial charge in [-0.05, 0) is 54.1 Å². The molecule has 4 aromatic rings. The van der Waals surface area contributed by atoms with Crippen LogP contribution in [0.25, 0.3) is 16.0 Å². The third kappa shape index (κ3) is 3.64. The lowest BCUT2D eigenvalue weighted by Gasteiger charge is -2.23. The maximum absolute atomic E-state index is 13.4. The summed E-state index contributed by atoms with van der Waals surface area (Å²) in [6, 6.07) is 15.1. The molecule has 1 aromatic heterocycles. The zero-order valence-electron chi connectivity index (χ0n) is 18.5. The van der Waals surface area contributed by atoms with Gasteiger partial charge in [0, 0.05) is 10.6 Å². The maximum Gasteiger partial charge on any atom is 0.301 e. The highest BCUT2D eigenvalue weighted by atomic mass is 35.5. The van der Waals surface area contributed by atoms with E-state index >= 15 is 0 Å². The number of thiazole rings is 1. The molecule has 3 heterocycles. The van der Waals surface area contributed by atoms with Crippen LogP contribution in [0.2, 0.25) is 5.02 Å². The first-order chi connectivity index (χ1) is 17.4. The molecule has 0 radical (unpaired) electrons. The Kier molecular flexibility index (Phi) is 5.31. The summed E-state index contributed by atoms with van der Waals surface area (Å²) in [5, 5.41) is 22.3. The number of rotatable bonds is 3. The Morgan fingerprint density at radius 3 is 2.64 bits per heavy atom. The minimum atomic E-state index is -1.03. The van der Waals surface area contributed by atoms with Crippen LogP contribution in [0.1, 0.15) is 17.2 Å². The van der Waals surface area contributed by atoms with Crippen LogP contribution in [0.15, 0.2) is 66.2 Å². The Bertz CT molecular complexity index is 1600. The molecule has 1 saturated heterocycles. The molecule has 3 aromatic carbocycles. The van der Waals surface area contributed by atoms with E-state index in [1.807, 2.05) is 0 Å². The number of aliphatic hydroxyl groups excluding tert-OH is 1. The second kappa shape index (κ2) is 8.54. The van der Waals surface area contributed by atoms with Gasteiger partial charge in [0.2, 0.25) is 0 Å². The molecule has 6 rings (SSSR count). The Morgan fingerprint density at radius 2 is 1.83 bits per heavy atom. The van der Waals surface area contributed by atoms with Crippen molar-refractivity contribution in [2.24, 2.45) is 0 Å². The zero-order chi connectivity index (χ0) is 25.0. The van der Waals surface area contributed by atoms with Crippen molar-refractivity contribution in [2.45, 2.75) is 6.04 Å². The number of nitrogens with zero attached hydrogens (tertiary/aromatic N) is 2. The molecule has 1 unspecified atom stereocenters. The van der Waals surface area contributed by atoms with Gasteiger partial charge >= 0.3 is 5.91 Å². The molecule has 2 N–H and O–H groups in total. The number of anilines is 1. The topological polar surface area (TPSA) is 109 Å². The summed E-state index contributed by atoms with van der Waals surface area (Å²) in [5.41, 5.74) is 1.21. The highest BCUT2D eigenvalue weighted by Crippen LogP contribution is 2.45. The second-order valence-electron chi connectivity index (χ2n) is 8.23. The van der Waals surface area contributed by atoms with E-state index in [1.165, 1.54) is 28.4 Å². The standard InChI is InChI=1S/C26H17ClN2O6S/c27-15-5-6-17-20(12-15)36-26(28-17)29-22(13-2-1-3-16(30)10-13)21(24(32)25(29)33)23(31)14-4-7-18-19(11-14)35-9-8-34-18/h1-7,10-12,22,30-31H,8-9H2/b23-21+. The summed E-state index contributed by atoms with van der Waals surface area (Å²) >= 11 is 7.32. The third-order valence-electron chi connectivity index (χ3n) is 5.99. The Hall–Kier alpha value is -4.08. The number of phenols is 1. The average Bonchev–Trinajstić information content (AvgIpc) is 3.41. The highest BCUT2D eigenvalue weighted by Gasteiger charge is 2.48. The van der Waals surface area contributed by atoms with Crippen LogP contribution in [0.4, 0.5) is 5.13 Å². The van der Waals surface area contributed by atoms with Gasteiger partial charge in [-0.15, -0.1) is 0 Å². The van der Waals surface area contributed by atoms with Crippen molar-refractivity contribution in [3.63, 3.8) is 0 Å². The van der Waals surface area contributed by atoms with Crippen molar-refractivity contribution in [3.8, 4) is 17.2 Å². The fourth-order valence-electron chi connectivity index (χ4n) is 4.38. The van der Waals surface area contributed by atoms with Crippen molar-refractivity contribution in [2.75, 3.05) is 18.1 Å². The van der Waals surface area contributed by atoms with Crippen molar-refractivity contribution >= 4 is 55.7 Å². The van der Waals surface area contributed by atoms with Crippen LogP contribution in [0.3, 0.4) is 0 Å². The summed E-state index contributed by atoms with van der Waals surface area (Å²) in [6.07, 6.45) is 0. The van der Waals surface area contributed by atoms with E-state index in [4.69, 9.17) is 21.1 Å². The van der Waals surface area contributed by atoms with Gasteiger partial charge in [-0.3, -0.25) is 14.5 Å².